The van der Waals surface area contributed by atoms with E-state index in [9.17, 15) is 18.0 Å². The van der Waals surface area contributed by atoms with E-state index in [1.807, 2.05) is 0 Å². The topological polar surface area (TPSA) is 83.6 Å². The molecule has 1 saturated carbocycles. The van der Waals surface area contributed by atoms with E-state index < -0.39 is 21.4 Å². The molecule has 6 nitrogen and oxygen atoms in total. The fraction of sp³-hybridized carbons (Fsp3) is 0.833. The van der Waals surface area contributed by atoms with E-state index in [1.54, 1.807) is 6.92 Å². The molecular formula is C12H20N2O4S. The monoisotopic (exact) mass is 288 g/mol. The highest BCUT2D eigenvalue weighted by Crippen LogP contribution is 2.34. The lowest BCUT2D eigenvalue weighted by Gasteiger charge is -2.43. The van der Waals surface area contributed by atoms with Gasteiger partial charge in [0.25, 0.3) is 0 Å². The summed E-state index contributed by atoms with van der Waals surface area (Å²) in [7, 11) is -3.15. The standard InChI is InChI=1S/C12H20N2O4S/c1-9-10(15)13-12(5-3-4-6-12)11(16)14(9)7-8-19(2,17)18/h9H,3-8H2,1-2H3,(H,13,15). The van der Waals surface area contributed by atoms with Gasteiger partial charge in [-0.3, -0.25) is 9.59 Å². The number of amides is 2. The van der Waals surface area contributed by atoms with Crippen LogP contribution in [-0.2, 0) is 19.4 Å². The lowest BCUT2D eigenvalue weighted by atomic mass is 9.91. The van der Waals surface area contributed by atoms with E-state index >= 15 is 0 Å². The zero-order valence-electron chi connectivity index (χ0n) is 11.3. The van der Waals surface area contributed by atoms with E-state index in [0.717, 1.165) is 19.1 Å². The second kappa shape index (κ2) is 4.77. The molecule has 7 heteroatoms. The van der Waals surface area contributed by atoms with Crippen LogP contribution in [0.5, 0.6) is 0 Å². The Kier molecular flexibility index (Phi) is 3.59. The Balaban J connectivity index is 2.19. The van der Waals surface area contributed by atoms with Gasteiger partial charge in [0.2, 0.25) is 11.8 Å². The number of hydrogen-bond acceptors (Lipinski definition) is 4. The van der Waals surface area contributed by atoms with Crippen LogP contribution in [0.1, 0.15) is 32.6 Å². The predicted octanol–water partition coefficient (Wildman–Crippen LogP) is -0.309. The van der Waals surface area contributed by atoms with Gasteiger partial charge >= 0.3 is 0 Å². The number of hydrogen-bond donors (Lipinski definition) is 1. The first kappa shape index (κ1) is 14.3. The van der Waals surface area contributed by atoms with Gasteiger partial charge in [0.1, 0.15) is 21.4 Å². The SMILES string of the molecule is CC1C(=O)NC2(CCCC2)C(=O)N1CCS(C)(=O)=O. The lowest BCUT2D eigenvalue weighted by Crippen LogP contribution is -2.69. The fourth-order valence-electron chi connectivity index (χ4n) is 2.86. The summed E-state index contributed by atoms with van der Waals surface area (Å²) in [6.45, 7) is 1.73. The normalized spacial score (nSPS) is 26.8. The van der Waals surface area contributed by atoms with Crippen molar-refractivity contribution in [3.63, 3.8) is 0 Å². The maximum Gasteiger partial charge on any atom is 0.249 e. The van der Waals surface area contributed by atoms with Crippen LogP contribution >= 0.6 is 0 Å². The molecule has 1 aliphatic carbocycles. The van der Waals surface area contributed by atoms with Gasteiger partial charge in [-0.1, -0.05) is 12.8 Å². The van der Waals surface area contributed by atoms with Gasteiger partial charge in [-0.2, -0.15) is 0 Å². The van der Waals surface area contributed by atoms with Crippen molar-refractivity contribution in [1.82, 2.24) is 10.2 Å². The minimum Gasteiger partial charge on any atom is -0.340 e. The molecule has 2 fully saturated rings. The first-order chi connectivity index (χ1) is 8.75. The maximum atomic E-state index is 12.5. The first-order valence-corrected chi connectivity index (χ1v) is 8.62. The highest BCUT2D eigenvalue weighted by atomic mass is 32.2. The molecule has 1 saturated heterocycles. The van der Waals surface area contributed by atoms with E-state index in [-0.39, 0.29) is 24.1 Å². The molecule has 1 aliphatic heterocycles. The molecule has 2 amide bonds. The average Bonchev–Trinajstić information content (AvgIpc) is 2.75. The number of carbonyl (C=O) groups excluding carboxylic acids is 2. The number of nitrogens with one attached hydrogen (secondary N) is 1. The molecule has 1 N–H and O–H groups in total. The number of sulfone groups is 1. The molecule has 19 heavy (non-hydrogen) atoms. The number of carbonyl (C=O) groups is 2. The molecule has 0 bridgehead atoms. The molecule has 0 aromatic heterocycles. The van der Waals surface area contributed by atoms with Crippen molar-refractivity contribution < 1.29 is 18.0 Å². The summed E-state index contributed by atoms with van der Waals surface area (Å²) in [5.74, 6) is -0.414. The van der Waals surface area contributed by atoms with Crippen LogP contribution in [0.4, 0.5) is 0 Å². The summed E-state index contributed by atoms with van der Waals surface area (Å²) in [5, 5.41) is 2.84. The summed E-state index contributed by atoms with van der Waals surface area (Å²) < 4.78 is 22.5. The molecule has 1 heterocycles. The zero-order chi connectivity index (χ0) is 14.3. The van der Waals surface area contributed by atoms with Crippen molar-refractivity contribution in [3.05, 3.63) is 0 Å². The molecule has 1 spiro atoms. The second-order valence-electron chi connectivity index (χ2n) is 5.58. The Morgan fingerprint density at radius 2 is 1.89 bits per heavy atom. The maximum absolute atomic E-state index is 12.5. The summed E-state index contributed by atoms with van der Waals surface area (Å²) >= 11 is 0. The van der Waals surface area contributed by atoms with Crippen molar-refractivity contribution in [1.29, 1.82) is 0 Å². The van der Waals surface area contributed by atoms with Crippen molar-refractivity contribution in [3.8, 4) is 0 Å². The molecular weight excluding hydrogens is 268 g/mol. The van der Waals surface area contributed by atoms with Gasteiger partial charge in [-0.15, -0.1) is 0 Å². The number of piperazine rings is 1. The smallest absolute Gasteiger partial charge is 0.249 e. The largest absolute Gasteiger partial charge is 0.340 e. The first-order valence-electron chi connectivity index (χ1n) is 6.56. The van der Waals surface area contributed by atoms with E-state index in [2.05, 4.69) is 5.32 Å². The summed E-state index contributed by atoms with van der Waals surface area (Å²) in [6, 6.07) is -0.597. The molecule has 1 unspecified atom stereocenters. The van der Waals surface area contributed by atoms with Crippen molar-refractivity contribution in [2.45, 2.75) is 44.2 Å². The zero-order valence-corrected chi connectivity index (χ0v) is 12.1. The van der Waals surface area contributed by atoms with Gasteiger partial charge in [-0.05, 0) is 19.8 Å². The van der Waals surface area contributed by atoms with E-state index in [4.69, 9.17) is 0 Å². The van der Waals surface area contributed by atoms with E-state index in [0.29, 0.717) is 12.8 Å². The Labute approximate surface area is 113 Å². The Morgan fingerprint density at radius 1 is 1.32 bits per heavy atom. The van der Waals surface area contributed by atoms with Gasteiger partial charge < -0.3 is 10.2 Å². The predicted molar refractivity (Wildman–Crippen MR) is 70.2 cm³/mol. The van der Waals surface area contributed by atoms with Crippen molar-refractivity contribution >= 4 is 21.7 Å². The Bertz CT molecular complexity index is 494. The molecule has 0 radical (unpaired) electrons. The van der Waals surface area contributed by atoms with Crippen LogP contribution in [0.3, 0.4) is 0 Å². The third-order valence-corrected chi connectivity index (χ3v) is 4.96. The van der Waals surface area contributed by atoms with Crippen LogP contribution in [0.25, 0.3) is 0 Å². The molecule has 0 aromatic carbocycles. The minimum atomic E-state index is -3.15. The van der Waals surface area contributed by atoms with Gasteiger partial charge in [0, 0.05) is 12.8 Å². The average molecular weight is 288 g/mol. The van der Waals surface area contributed by atoms with Crippen LogP contribution < -0.4 is 5.32 Å². The minimum absolute atomic E-state index is 0.0913. The quantitative estimate of drug-likeness (QED) is 0.772. The van der Waals surface area contributed by atoms with Crippen LogP contribution in [-0.4, -0.2) is 55.3 Å². The molecule has 2 aliphatic rings. The fourth-order valence-corrected chi connectivity index (χ4v) is 3.39. The Hall–Kier alpha value is -1.11. The highest BCUT2D eigenvalue weighted by Gasteiger charge is 2.50. The van der Waals surface area contributed by atoms with Gasteiger partial charge in [0.15, 0.2) is 0 Å². The third-order valence-electron chi connectivity index (χ3n) is 4.04. The molecule has 2 rings (SSSR count). The van der Waals surface area contributed by atoms with Crippen LogP contribution in [0.15, 0.2) is 0 Å². The van der Waals surface area contributed by atoms with Gasteiger partial charge in [-0.25, -0.2) is 8.42 Å². The third kappa shape index (κ3) is 2.75. The molecule has 108 valence electrons. The number of nitrogens with zero attached hydrogens (tertiary/aromatic N) is 1. The van der Waals surface area contributed by atoms with Crippen LogP contribution in [0.2, 0.25) is 0 Å². The highest BCUT2D eigenvalue weighted by molar-refractivity contribution is 7.90. The number of rotatable bonds is 3. The van der Waals surface area contributed by atoms with Crippen molar-refractivity contribution in [2.24, 2.45) is 0 Å². The lowest BCUT2D eigenvalue weighted by molar-refractivity contribution is -0.153. The molecule has 1 atom stereocenters. The second-order valence-corrected chi connectivity index (χ2v) is 7.84. The van der Waals surface area contributed by atoms with Gasteiger partial charge in [0.05, 0.1) is 5.75 Å². The summed E-state index contributed by atoms with van der Waals surface area (Å²) in [6.07, 6.45) is 4.28. The molecule has 0 aromatic rings. The summed E-state index contributed by atoms with van der Waals surface area (Å²) in [5.41, 5.74) is -0.777. The van der Waals surface area contributed by atoms with Crippen molar-refractivity contribution in [2.75, 3.05) is 18.6 Å². The van der Waals surface area contributed by atoms with E-state index in [1.165, 1.54) is 4.90 Å². The Morgan fingerprint density at radius 3 is 2.42 bits per heavy atom. The summed E-state index contributed by atoms with van der Waals surface area (Å²) in [4.78, 5) is 25.9. The van der Waals surface area contributed by atoms with Crippen LogP contribution in [0, 0.1) is 0 Å².